The zero-order chi connectivity index (χ0) is 9.35. The zero-order valence-corrected chi connectivity index (χ0v) is 7.72. The van der Waals surface area contributed by atoms with Gasteiger partial charge in [0.25, 0.3) is 0 Å². The van der Waals surface area contributed by atoms with E-state index in [4.69, 9.17) is 4.74 Å². The van der Waals surface area contributed by atoms with Crippen molar-refractivity contribution in [2.45, 2.75) is 39.2 Å². The second kappa shape index (κ2) is 2.88. The summed E-state index contributed by atoms with van der Waals surface area (Å²) < 4.78 is 5.11. The monoisotopic (exact) mass is 170 g/mol. The first-order valence-corrected chi connectivity index (χ1v) is 4.15. The Morgan fingerprint density at radius 3 is 2.67 bits per heavy atom. The molecule has 0 radical (unpaired) electrons. The van der Waals surface area contributed by atoms with Gasteiger partial charge in [-0.1, -0.05) is 6.92 Å². The van der Waals surface area contributed by atoms with Crippen LogP contribution in [0, 0.1) is 5.92 Å². The van der Waals surface area contributed by atoms with Crippen LogP contribution in [0.3, 0.4) is 0 Å². The van der Waals surface area contributed by atoms with Gasteiger partial charge < -0.3 is 4.74 Å². The van der Waals surface area contributed by atoms with Crippen LogP contribution in [0.2, 0.25) is 0 Å². The van der Waals surface area contributed by atoms with Crippen molar-refractivity contribution in [1.82, 2.24) is 0 Å². The third kappa shape index (κ3) is 1.84. The molecule has 2 unspecified atom stereocenters. The topological polar surface area (TPSA) is 43.4 Å². The second-order valence-electron chi connectivity index (χ2n) is 3.85. The fourth-order valence-corrected chi connectivity index (χ4v) is 1.75. The maximum Gasteiger partial charge on any atom is 0.309 e. The molecule has 2 atom stereocenters. The van der Waals surface area contributed by atoms with Crippen LogP contribution >= 0.6 is 0 Å². The molecule has 3 heteroatoms. The van der Waals surface area contributed by atoms with E-state index in [1.807, 2.05) is 13.8 Å². The molecule has 0 aromatic heterocycles. The fraction of sp³-hybridized carbons (Fsp3) is 0.778. The van der Waals surface area contributed by atoms with Gasteiger partial charge in [0.2, 0.25) is 0 Å². The summed E-state index contributed by atoms with van der Waals surface area (Å²) in [4.78, 5) is 21.9. The maximum absolute atomic E-state index is 11.0. The Morgan fingerprint density at radius 2 is 2.33 bits per heavy atom. The molecule has 0 aromatic rings. The van der Waals surface area contributed by atoms with E-state index in [9.17, 15) is 9.59 Å². The molecule has 1 rings (SSSR count). The molecule has 0 bridgehead atoms. The molecule has 0 amide bonds. The number of Topliss-reactive ketones (excluding diaryl/α,β-unsaturated/α-hetero) is 1. The number of cyclic esters (lactones) is 1. The quantitative estimate of drug-likeness (QED) is 0.587. The molecular weight excluding hydrogens is 156 g/mol. The molecule has 1 fully saturated rings. The van der Waals surface area contributed by atoms with Crippen molar-refractivity contribution in [3.63, 3.8) is 0 Å². The standard InChI is InChI=1S/C9H14O3/c1-6-4-9(3,5-7(2)10)12-8(6)11/h6H,4-5H2,1-3H3. The van der Waals surface area contributed by atoms with Crippen molar-refractivity contribution in [1.29, 1.82) is 0 Å². The van der Waals surface area contributed by atoms with E-state index in [0.29, 0.717) is 12.8 Å². The predicted molar refractivity (Wildman–Crippen MR) is 43.6 cm³/mol. The first-order chi connectivity index (χ1) is 5.43. The molecule has 12 heavy (non-hydrogen) atoms. The van der Waals surface area contributed by atoms with Crippen LogP contribution in [0.1, 0.15) is 33.6 Å². The lowest BCUT2D eigenvalue weighted by Gasteiger charge is -2.20. The molecule has 68 valence electrons. The van der Waals surface area contributed by atoms with Crippen molar-refractivity contribution in [2.75, 3.05) is 0 Å². The third-order valence-corrected chi connectivity index (χ3v) is 2.11. The molecule has 3 nitrogen and oxygen atoms in total. The van der Waals surface area contributed by atoms with E-state index in [1.54, 1.807) is 0 Å². The Labute approximate surface area is 72.1 Å². The normalized spacial score (nSPS) is 34.9. The van der Waals surface area contributed by atoms with Crippen molar-refractivity contribution >= 4 is 11.8 Å². The molecule has 1 heterocycles. The smallest absolute Gasteiger partial charge is 0.309 e. The second-order valence-corrected chi connectivity index (χ2v) is 3.85. The number of ketones is 1. The van der Waals surface area contributed by atoms with Gasteiger partial charge in [-0.2, -0.15) is 0 Å². The molecule has 0 N–H and O–H groups in total. The Morgan fingerprint density at radius 1 is 1.75 bits per heavy atom. The summed E-state index contributed by atoms with van der Waals surface area (Å²) in [5, 5.41) is 0. The largest absolute Gasteiger partial charge is 0.459 e. The molecule has 0 aromatic carbocycles. The van der Waals surface area contributed by atoms with Crippen molar-refractivity contribution < 1.29 is 14.3 Å². The maximum atomic E-state index is 11.0. The lowest BCUT2D eigenvalue weighted by molar-refractivity contribution is -0.150. The van der Waals surface area contributed by atoms with Crippen LogP contribution in [-0.2, 0) is 14.3 Å². The molecule has 0 saturated carbocycles. The van der Waals surface area contributed by atoms with Gasteiger partial charge in [0.1, 0.15) is 11.4 Å². The fourth-order valence-electron chi connectivity index (χ4n) is 1.75. The van der Waals surface area contributed by atoms with Crippen LogP contribution in [-0.4, -0.2) is 17.4 Å². The van der Waals surface area contributed by atoms with Gasteiger partial charge in [0.05, 0.1) is 5.92 Å². The molecular formula is C9H14O3. The highest BCUT2D eigenvalue weighted by molar-refractivity contribution is 5.80. The first kappa shape index (κ1) is 9.23. The summed E-state index contributed by atoms with van der Waals surface area (Å²) >= 11 is 0. The number of hydrogen-bond acceptors (Lipinski definition) is 3. The molecule has 0 spiro atoms. The number of esters is 1. The minimum Gasteiger partial charge on any atom is -0.459 e. The van der Waals surface area contributed by atoms with E-state index >= 15 is 0 Å². The summed E-state index contributed by atoms with van der Waals surface area (Å²) in [6.07, 6.45) is 0.995. The summed E-state index contributed by atoms with van der Waals surface area (Å²) in [5.41, 5.74) is -0.539. The Balaban J connectivity index is 2.63. The average molecular weight is 170 g/mol. The summed E-state index contributed by atoms with van der Waals surface area (Å²) in [6, 6.07) is 0. The minimum absolute atomic E-state index is 0.0608. The van der Waals surface area contributed by atoms with E-state index in [-0.39, 0.29) is 17.7 Å². The summed E-state index contributed by atoms with van der Waals surface area (Å²) in [6.45, 7) is 5.16. The van der Waals surface area contributed by atoms with Gasteiger partial charge in [-0.3, -0.25) is 9.59 Å². The van der Waals surface area contributed by atoms with E-state index in [2.05, 4.69) is 0 Å². The predicted octanol–water partition coefficient (Wildman–Crippen LogP) is 1.31. The van der Waals surface area contributed by atoms with Crippen molar-refractivity contribution in [2.24, 2.45) is 5.92 Å². The Bertz CT molecular complexity index is 218. The van der Waals surface area contributed by atoms with Gasteiger partial charge in [0.15, 0.2) is 0 Å². The van der Waals surface area contributed by atoms with Gasteiger partial charge >= 0.3 is 5.97 Å². The van der Waals surface area contributed by atoms with Crippen molar-refractivity contribution in [3.05, 3.63) is 0 Å². The summed E-state index contributed by atoms with van der Waals surface area (Å²) in [7, 11) is 0. The highest BCUT2D eigenvalue weighted by atomic mass is 16.6. The van der Waals surface area contributed by atoms with Gasteiger partial charge in [0, 0.05) is 12.8 Å². The van der Waals surface area contributed by atoms with E-state index in [0.717, 1.165) is 0 Å². The number of carbonyl (C=O) groups excluding carboxylic acids is 2. The SMILES string of the molecule is CC(=O)CC1(C)CC(C)C(=O)O1. The van der Waals surface area contributed by atoms with Crippen LogP contribution in [0.15, 0.2) is 0 Å². The van der Waals surface area contributed by atoms with Gasteiger partial charge in [-0.15, -0.1) is 0 Å². The average Bonchev–Trinajstić information content (AvgIpc) is 2.04. The molecule has 1 saturated heterocycles. The highest BCUT2D eigenvalue weighted by Crippen LogP contribution is 2.33. The Kier molecular flexibility index (Phi) is 2.22. The number of carbonyl (C=O) groups is 2. The van der Waals surface area contributed by atoms with Crippen LogP contribution in [0.5, 0.6) is 0 Å². The molecule has 1 aliphatic heterocycles. The lowest BCUT2D eigenvalue weighted by Crippen LogP contribution is -2.26. The van der Waals surface area contributed by atoms with E-state index < -0.39 is 5.60 Å². The molecule has 0 aliphatic carbocycles. The summed E-state index contributed by atoms with van der Waals surface area (Å²) in [5.74, 6) is -0.174. The van der Waals surface area contributed by atoms with Crippen molar-refractivity contribution in [3.8, 4) is 0 Å². The highest BCUT2D eigenvalue weighted by Gasteiger charge is 2.41. The van der Waals surface area contributed by atoms with Gasteiger partial charge in [-0.25, -0.2) is 0 Å². The molecule has 1 aliphatic rings. The Hall–Kier alpha value is -0.860. The van der Waals surface area contributed by atoms with Crippen LogP contribution in [0.4, 0.5) is 0 Å². The van der Waals surface area contributed by atoms with E-state index in [1.165, 1.54) is 6.92 Å². The van der Waals surface area contributed by atoms with Gasteiger partial charge in [-0.05, 0) is 13.8 Å². The zero-order valence-electron chi connectivity index (χ0n) is 7.72. The van der Waals surface area contributed by atoms with Crippen LogP contribution in [0.25, 0.3) is 0 Å². The third-order valence-electron chi connectivity index (χ3n) is 2.11. The first-order valence-electron chi connectivity index (χ1n) is 4.15. The number of hydrogen-bond donors (Lipinski definition) is 0. The minimum atomic E-state index is -0.539. The number of rotatable bonds is 2. The number of ether oxygens (including phenoxy) is 1. The van der Waals surface area contributed by atoms with Crippen LogP contribution < -0.4 is 0 Å². The lowest BCUT2D eigenvalue weighted by atomic mass is 9.92.